The van der Waals surface area contributed by atoms with Crippen LogP contribution in [0.5, 0.6) is 0 Å². The lowest BCUT2D eigenvalue weighted by Crippen LogP contribution is -2.36. The lowest BCUT2D eigenvalue weighted by atomic mass is 10.2. The smallest absolute Gasteiger partial charge is 0.270 e. The molecule has 132 valence electrons. The van der Waals surface area contributed by atoms with Crippen molar-refractivity contribution >= 4 is 11.8 Å². The van der Waals surface area contributed by atoms with Crippen molar-refractivity contribution in [3.8, 4) is 0 Å². The standard InChI is InChI=1S/C19H22FN3O2/c1-13-10-14(2)21-18(13)19(25)22-7-6-17(24)23(9-8-22)12-15-4-3-5-16(20)11-15/h3-5,10-11,21H,6-9,12H2,1-2H3. The maximum absolute atomic E-state index is 13.3. The summed E-state index contributed by atoms with van der Waals surface area (Å²) in [5, 5.41) is 0. The summed E-state index contributed by atoms with van der Waals surface area (Å²) in [6, 6.07) is 8.20. The molecule has 0 atom stereocenters. The van der Waals surface area contributed by atoms with E-state index in [0.717, 1.165) is 16.8 Å². The minimum Gasteiger partial charge on any atom is -0.354 e. The molecule has 2 heterocycles. The minimum absolute atomic E-state index is 0.0149. The van der Waals surface area contributed by atoms with Crippen LogP contribution in [-0.4, -0.2) is 46.2 Å². The number of hydrogen-bond donors (Lipinski definition) is 1. The predicted octanol–water partition coefficient (Wildman–Crippen LogP) is 2.65. The summed E-state index contributed by atoms with van der Waals surface area (Å²) in [4.78, 5) is 31.6. The molecular formula is C19H22FN3O2. The van der Waals surface area contributed by atoms with Crippen LogP contribution in [0.15, 0.2) is 30.3 Å². The van der Waals surface area contributed by atoms with Gasteiger partial charge in [0.1, 0.15) is 11.5 Å². The zero-order chi connectivity index (χ0) is 18.0. The third-order valence-electron chi connectivity index (χ3n) is 4.50. The van der Waals surface area contributed by atoms with E-state index in [1.165, 1.54) is 12.1 Å². The molecule has 0 aliphatic carbocycles. The Kier molecular flexibility index (Phi) is 4.88. The van der Waals surface area contributed by atoms with Gasteiger partial charge in [-0.1, -0.05) is 12.1 Å². The summed E-state index contributed by atoms with van der Waals surface area (Å²) in [5.41, 5.74) is 3.20. The van der Waals surface area contributed by atoms with E-state index in [1.54, 1.807) is 21.9 Å². The van der Waals surface area contributed by atoms with Gasteiger partial charge in [-0.3, -0.25) is 9.59 Å². The first kappa shape index (κ1) is 17.2. The summed E-state index contributed by atoms with van der Waals surface area (Å²) in [6.07, 6.45) is 0.278. The van der Waals surface area contributed by atoms with Gasteiger partial charge in [-0.15, -0.1) is 0 Å². The number of aryl methyl sites for hydroxylation is 2. The number of carbonyl (C=O) groups is 2. The molecule has 3 rings (SSSR count). The Hall–Kier alpha value is -2.63. The molecule has 5 nitrogen and oxygen atoms in total. The van der Waals surface area contributed by atoms with Gasteiger partial charge in [-0.25, -0.2) is 4.39 Å². The maximum Gasteiger partial charge on any atom is 0.270 e. The SMILES string of the molecule is Cc1cc(C)c(C(=O)N2CCC(=O)N(Cc3cccc(F)c3)CC2)[nH]1. The second kappa shape index (κ2) is 7.09. The van der Waals surface area contributed by atoms with Gasteiger partial charge in [0, 0.05) is 38.3 Å². The quantitative estimate of drug-likeness (QED) is 0.931. The molecule has 1 aromatic heterocycles. The Morgan fingerprint density at radius 2 is 2.00 bits per heavy atom. The summed E-state index contributed by atoms with van der Waals surface area (Å²) < 4.78 is 13.3. The monoisotopic (exact) mass is 343 g/mol. The first-order valence-electron chi connectivity index (χ1n) is 8.42. The first-order valence-corrected chi connectivity index (χ1v) is 8.42. The normalized spacial score (nSPS) is 15.4. The summed E-state index contributed by atoms with van der Waals surface area (Å²) >= 11 is 0. The molecule has 2 amide bonds. The summed E-state index contributed by atoms with van der Waals surface area (Å²) in [5.74, 6) is -0.404. The van der Waals surface area contributed by atoms with Crippen LogP contribution >= 0.6 is 0 Å². The van der Waals surface area contributed by atoms with E-state index >= 15 is 0 Å². The zero-order valence-electron chi connectivity index (χ0n) is 14.5. The average molecular weight is 343 g/mol. The molecule has 1 aromatic carbocycles. The minimum atomic E-state index is -0.311. The molecule has 1 N–H and O–H groups in total. The second-order valence-corrected chi connectivity index (χ2v) is 6.50. The molecule has 1 aliphatic heterocycles. The largest absolute Gasteiger partial charge is 0.354 e. The predicted molar refractivity (Wildman–Crippen MR) is 92.6 cm³/mol. The van der Waals surface area contributed by atoms with E-state index in [9.17, 15) is 14.0 Å². The fraction of sp³-hybridized carbons (Fsp3) is 0.368. The Bertz CT molecular complexity index is 800. The van der Waals surface area contributed by atoms with Gasteiger partial charge in [-0.05, 0) is 43.2 Å². The van der Waals surface area contributed by atoms with Crippen LogP contribution in [0.1, 0.15) is 33.7 Å². The van der Waals surface area contributed by atoms with Crippen LogP contribution in [0.3, 0.4) is 0 Å². The lowest BCUT2D eigenvalue weighted by molar-refractivity contribution is -0.130. The van der Waals surface area contributed by atoms with E-state index < -0.39 is 0 Å². The highest BCUT2D eigenvalue weighted by molar-refractivity contribution is 5.94. The number of rotatable bonds is 3. The van der Waals surface area contributed by atoms with E-state index in [0.29, 0.717) is 31.9 Å². The lowest BCUT2D eigenvalue weighted by Gasteiger charge is -2.22. The molecule has 2 aromatic rings. The van der Waals surface area contributed by atoms with Crippen molar-refractivity contribution in [2.45, 2.75) is 26.8 Å². The number of aromatic nitrogens is 1. The highest BCUT2D eigenvalue weighted by Gasteiger charge is 2.26. The van der Waals surface area contributed by atoms with Crippen molar-refractivity contribution in [1.82, 2.24) is 14.8 Å². The second-order valence-electron chi connectivity index (χ2n) is 6.50. The van der Waals surface area contributed by atoms with E-state index in [2.05, 4.69) is 4.98 Å². The van der Waals surface area contributed by atoms with Gasteiger partial charge >= 0.3 is 0 Å². The van der Waals surface area contributed by atoms with Gasteiger partial charge < -0.3 is 14.8 Å². The van der Waals surface area contributed by atoms with Crippen molar-refractivity contribution in [3.05, 3.63) is 58.7 Å². The maximum atomic E-state index is 13.3. The van der Waals surface area contributed by atoms with E-state index in [4.69, 9.17) is 0 Å². The van der Waals surface area contributed by atoms with E-state index in [-0.39, 0.29) is 24.1 Å². The number of aromatic amines is 1. The van der Waals surface area contributed by atoms with Gasteiger partial charge in [-0.2, -0.15) is 0 Å². The Morgan fingerprint density at radius 1 is 1.20 bits per heavy atom. The van der Waals surface area contributed by atoms with Crippen LogP contribution in [0, 0.1) is 19.7 Å². The third-order valence-corrected chi connectivity index (χ3v) is 4.50. The number of hydrogen-bond acceptors (Lipinski definition) is 2. The Labute approximate surface area is 146 Å². The number of amides is 2. The summed E-state index contributed by atoms with van der Waals surface area (Å²) in [7, 11) is 0. The van der Waals surface area contributed by atoms with Crippen molar-refractivity contribution in [3.63, 3.8) is 0 Å². The molecule has 6 heteroatoms. The van der Waals surface area contributed by atoms with Gasteiger partial charge in [0.2, 0.25) is 5.91 Å². The van der Waals surface area contributed by atoms with Crippen LogP contribution in [-0.2, 0) is 11.3 Å². The van der Waals surface area contributed by atoms with Crippen LogP contribution in [0.2, 0.25) is 0 Å². The van der Waals surface area contributed by atoms with E-state index in [1.807, 2.05) is 19.9 Å². The molecule has 0 bridgehead atoms. The Balaban J connectivity index is 1.69. The van der Waals surface area contributed by atoms with Crippen molar-refractivity contribution in [2.75, 3.05) is 19.6 Å². The fourth-order valence-corrected chi connectivity index (χ4v) is 3.20. The van der Waals surface area contributed by atoms with Crippen LogP contribution in [0.4, 0.5) is 4.39 Å². The zero-order valence-corrected chi connectivity index (χ0v) is 14.5. The average Bonchev–Trinajstić information content (AvgIpc) is 2.80. The molecule has 0 unspecified atom stereocenters. The molecule has 0 radical (unpaired) electrons. The van der Waals surface area contributed by atoms with Crippen molar-refractivity contribution in [1.29, 1.82) is 0 Å². The van der Waals surface area contributed by atoms with Crippen LogP contribution in [0.25, 0.3) is 0 Å². The number of nitrogens with zero attached hydrogens (tertiary/aromatic N) is 2. The van der Waals surface area contributed by atoms with Gasteiger partial charge in [0.15, 0.2) is 0 Å². The van der Waals surface area contributed by atoms with Crippen LogP contribution < -0.4 is 0 Å². The van der Waals surface area contributed by atoms with Gasteiger partial charge in [0.25, 0.3) is 5.91 Å². The van der Waals surface area contributed by atoms with Crippen molar-refractivity contribution in [2.24, 2.45) is 0 Å². The number of benzene rings is 1. The topological polar surface area (TPSA) is 56.4 Å². The number of halogens is 1. The molecule has 25 heavy (non-hydrogen) atoms. The fourth-order valence-electron chi connectivity index (χ4n) is 3.20. The Morgan fingerprint density at radius 3 is 2.68 bits per heavy atom. The molecule has 1 saturated heterocycles. The first-order chi connectivity index (χ1) is 11.9. The molecule has 1 fully saturated rings. The number of carbonyl (C=O) groups excluding carboxylic acids is 2. The molecule has 1 aliphatic rings. The molecule has 0 spiro atoms. The molecular weight excluding hydrogens is 321 g/mol. The highest BCUT2D eigenvalue weighted by atomic mass is 19.1. The van der Waals surface area contributed by atoms with Gasteiger partial charge in [0.05, 0.1) is 0 Å². The third kappa shape index (κ3) is 3.90. The summed E-state index contributed by atoms with van der Waals surface area (Å²) in [6.45, 7) is 5.48. The number of nitrogens with one attached hydrogen (secondary N) is 1. The molecule has 0 saturated carbocycles. The number of H-pyrrole nitrogens is 1. The van der Waals surface area contributed by atoms with Crippen molar-refractivity contribution < 1.29 is 14.0 Å². The highest BCUT2D eigenvalue weighted by Crippen LogP contribution is 2.16.